The Balaban J connectivity index is 1.54. The predicted octanol–water partition coefficient (Wildman–Crippen LogP) is 6.44. The van der Waals surface area contributed by atoms with E-state index in [2.05, 4.69) is 60.7 Å². The van der Waals surface area contributed by atoms with Crippen molar-refractivity contribution in [1.29, 1.82) is 0 Å². The Hall–Kier alpha value is -3.66. The monoisotopic (exact) mass is 456 g/mol. The number of hydrogen-bond donors (Lipinski definition) is 0. The topological polar surface area (TPSA) is 36.9 Å². The number of ether oxygens (including phenoxy) is 4. The number of methoxy groups -OCH3 is 4. The van der Waals surface area contributed by atoms with E-state index in [1.165, 1.54) is 27.5 Å². The van der Waals surface area contributed by atoms with Crippen molar-refractivity contribution in [3.05, 3.63) is 95.1 Å². The maximum Gasteiger partial charge on any atom is 0.125 e. The van der Waals surface area contributed by atoms with Gasteiger partial charge in [0.15, 0.2) is 0 Å². The minimum Gasteiger partial charge on any atom is -0.497 e. The van der Waals surface area contributed by atoms with Gasteiger partial charge in [-0.1, -0.05) is 42.5 Å². The van der Waals surface area contributed by atoms with Crippen molar-refractivity contribution in [2.24, 2.45) is 0 Å². The molecule has 0 radical (unpaired) electrons. The van der Waals surface area contributed by atoms with Crippen molar-refractivity contribution in [3.8, 4) is 23.0 Å². The number of hydrogen-bond acceptors (Lipinski definition) is 4. The third-order valence-corrected chi connectivity index (χ3v) is 6.27. The minimum absolute atomic E-state index is 0.798. The summed E-state index contributed by atoms with van der Waals surface area (Å²) >= 11 is 0. The van der Waals surface area contributed by atoms with Gasteiger partial charge >= 0.3 is 0 Å². The SMILES string of the molecule is COc1cc(CCc2cc(CCc3ccc4ccccc4c3)c(OC)cc2OC)cc(OC)c1. The molecule has 0 aliphatic heterocycles. The Morgan fingerprint density at radius 3 is 1.65 bits per heavy atom. The maximum atomic E-state index is 5.71. The van der Waals surface area contributed by atoms with Crippen molar-refractivity contribution in [2.45, 2.75) is 25.7 Å². The van der Waals surface area contributed by atoms with Crippen LogP contribution >= 0.6 is 0 Å². The van der Waals surface area contributed by atoms with Crippen LogP contribution in [0.5, 0.6) is 23.0 Å². The second kappa shape index (κ2) is 11.0. The fourth-order valence-corrected chi connectivity index (χ4v) is 4.39. The zero-order valence-corrected chi connectivity index (χ0v) is 20.4. The van der Waals surface area contributed by atoms with Gasteiger partial charge in [-0.2, -0.15) is 0 Å². The van der Waals surface area contributed by atoms with Crippen LogP contribution in [-0.4, -0.2) is 28.4 Å². The molecule has 0 amide bonds. The van der Waals surface area contributed by atoms with Crippen molar-refractivity contribution >= 4 is 10.8 Å². The lowest BCUT2D eigenvalue weighted by atomic mass is 9.96. The van der Waals surface area contributed by atoms with Gasteiger partial charge in [-0.05, 0) is 76.9 Å². The Morgan fingerprint density at radius 1 is 0.471 bits per heavy atom. The molecule has 0 atom stereocenters. The van der Waals surface area contributed by atoms with Crippen LogP contribution in [0.1, 0.15) is 22.3 Å². The average Bonchev–Trinajstić information content (AvgIpc) is 2.89. The third-order valence-electron chi connectivity index (χ3n) is 6.27. The summed E-state index contributed by atoms with van der Waals surface area (Å²) in [7, 11) is 6.78. The third kappa shape index (κ3) is 5.45. The van der Waals surface area contributed by atoms with Crippen LogP contribution in [0.15, 0.2) is 72.8 Å². The molecule has 0 aromatic heterocycles. The maximum absolute atomic E-state index is 5.71. The van der Waals surface area contributed by atoms with Crippen molar-refractivity contribution in [3.63, 3.8) is 0 Å². The van der Waals surface area contributed by atoms with E-state index in [-0.39, 0.29) is 0 Å². The lowest BCUT2D eigenvalue weighted by Crippen LogP contribution is -2.02. The molecule has 176 valence electrons. The van der Waals surface area contributed by atoms with Crippen molar-refractivity contribution in [1.82, 2.24) is 0 Å². The van der Waals surface area contributed by atoms with E-state index in [4.69, 9.17) is 18.9 Å². The zero-order chi connectivity index (χ0) is 23.9. The number of aryl methyl sites for hydroxylation is 4. The first-order chi connectivity index (χ1) is 16.6. The van der Waals surface area contributed by atoms with Gasteiger partial charge in [0.1, 0.15) is 23.0 Å². The standard InChI is InChI=1S/C30H32O4/c1-31-27-16-22(17-28(19-27)32-2)11-14-26-18-25(29(33-3)20-30(26)34-4)13-10-21-9-12-23-7-5-6-8-24(23)15-21/h5-9,12,15-20H,10-11,13-14H2,1-4H3. The van der Waals surface area contributed by atoms with E-state index < -0.39 is 0 Å². The van der Waals surface area contributed by atoms with Crippen LogP contribution in [0.3, 0.4) is 0 Å². The van der Waals surface area contributed by atoms with Crippen LogP contribution in [0.2, 0.25) is 0 Å². The van der Waals surface area contributed by atoms with Crippen LogP contribution in [0.4, 0.5) is 0 Å². The van der Waals surface area contributed by atoms with E-state index in [1.54, 1.807) is 28.4 Å². The summed E-state index contributed by atoms with van der Waals surface area (Å²) in [4.78, 5) is 0. The molecule has 4 aromatic rings. The molecule has 0 unspecified atom stereocenters. The lowest BCUT2D eigenvalue weighted by molar-refractivity contribution is 0.387. The van der Waals surface area contributed by atoms with Gasteiger partial charge in [0.25, 0.3) is 0 Å². The molecule has 4 heteroatoms. The van der Waals surface area contributed by atoms with E-state index in [9.17, 15) is 0 Å². The largest absolute Gasteiger partial charge is 0.497 e. The van der Waals surface area contributed by atoms with Gasteiger partial charge in [0.05, 0.1) is 28.4 Å². The molecule has 0 saturated heterocycles. The molecular weight excluding hydrogens is 424 g/mol. The summed E-state index contributed by atoms with van der Waals surface area (Å²) in [5.41, 5.74) is 4.83. The van der Waals surface area contributed by atoms with Gasteiger partial charge in [0.2, 0.25) is 0 Å². The van der Waals surface area contributed by atoms with Crippen molar-refractivity contribution in [2.75, 3.05) is 28.4 Å². The first-order valence-electron chi connectivity index (χ1n) is 11.6. The van der Waals surface area contributed by atoms with Gasteiger partial charge in [-0.15, -0.1) is 0 Å². The second-order valence-corrected chi connectivity index (χ2v) is 8.38. The highest BCUT2D eigenvalue weighted by atomic mass is 16.5. The fourth-order valence-electron chi connectivity index (χ4n) is 4.39. The summed E-state index contributed by atoms with van der Waals surface area (Å²) in [5, 5.41) is 2.54. The summed E-state index contributed by atoms with van der Waals surface area (Å²) in [5.74, 6) is 3.31. The summed E-state index contributed by atoms with van der Waals surface area (Å²) < 4.78 is 22.3. The van der Waals surface area contributed by atoms with Gasteiger partial charge in [0, 0.05) is 12.1 Å². The fraction of sp³-hybridized carbons (Fsp3) is 0.267. The summed E-state index contributed by atoms with van der Waals surface area (Å²) in [6.45, 7) is 0. The molecule has 0 bridgehead atoms. The molecule has 0 spiro atoms. The highest BCUT2D eigenvalue weighted by Crippen LogP contribution is 2.32. The van der Waals surface area contributed by atoms with Crippen LogP contribution < -0.4 is 18.9 Å². The number of rotatable bonds is 10. The van der Waals surface area contributed by atoms with Crippen LogP contribution in [0.25, 0.3) is 10.8 Å². The van der Waals surface area contributed by atoms with Gasteiger partial charge in [-0.3, -0.25) is 0 Å². The summed E-state index contributed by atoms with van der Waals surface area (Å²) in [6.07, 6.45) is 3.53. The second-order valence-electron chi connectivity index (χ2n) is 8.38. The molecular formula is C30H32O4. The highest BCUT2D eigenvalue weighted by molar-refractivity contribution is 5.83. The average molecular weight is 457 g/mol. The molecule has 0 aliphatic carbocycles. The Kier molecular flexibility index (Phi) is 7.58. The number of fused-ring (bicyclic) bond motifs is 1. The number of benzene rings is 4. The highest BCUT2D eigenvalue weighted by Gasteiger charge is 2.13. The molecule has 0 heterocycles. The molecule has 4 aromatic carbocycles. The van der Waals surface area contributed by atoms with Crippen molar-refractivity contribution < 1.29 is 18.9 Å². The van der Waals surface area contributed by atoms with Gasteiger partial charge < -0.3 is 18.9 Å². The predicted molar refractivity (Wildman–Crippen MR) is 138 cm³/mol. The van der Waals surface area contributed by atoms with Crippen LogP contribution in [0, 0.1) is 0 Å². The zero-order valence-electron chi connectivity index (χ0n) is 20.4. The smallest absolute Gasteiger partial charge is 0.125 e. The Labute approximate surface area is 202 Å². The molecule has 0 aliphatic rings. The van der Waals surface area contributed by atoms with Crippen LogP contribution in [-0.2, 0) is 25.7 Å². The first-order valence-corrected chi connectivity index (χ1v) is 11.6. The lowest BCUT2D eigenvalue weighted by Gasteiger charge is -2.16. The van der Waals surface area contributed by atoms with E-state index >= 15 is 0 Å². The minimum atomic E-state index is 0.798. The van der Waals surface area contributed by atoms with Gasteiger partial charge in [-0.25, -0.2) is 0 Å². The normalized spacial score (nSPS) is 10.8. The molecule has 0 N–H and O–H groups in total. The molecule has 0 saturated carbocycles. The summed E-state index contributed by atoms with van der Waals surface area (Å²) in [6, 6.07) is 25.4. The van der Waals surface area contributed by atoms with E-state index in [1.807, 2.05) is 12.1 Å². The van der Waals surface area contributed by atoms with E-state index in [0.717, 1.165) is 54.2 Å². The Morgan fingerprint density at radius 2 is 1.06 bits per heavy atom. The molecule has 34 heavy (non-hydrogen) atoms. The molecule has 4 nitrogen and oxygen atoms in total. The van der Waals surface area contributed by atoms with E-state index in [0.29, 0.717) is 0 Å². The quantitative estimate of drug-likeness (QED) is 0.275. The Bertz CT molecular complexity index is 1240. The molecule has 0 fully saturated rings. The molecule has 4 rings (SSSR count). The first kappa shape index (κ1) is 23.5.